The van der Waals surface area contributed by atoms with Crippen molar-refractivity contribution in [3.8, 4) is 11.3 Å². The van der Waals surface area contributed by atoms with Crippen LogP contribution in [0.4, 0.5) is 0 Å². The first-order valence-electron chi connectivity index (χ1n) is 6.82. The van der Waals surface area contributed by atoms with Gasteiger partial charge in [-0.1, -0.05) is 13.8 Å². The summed E-state index contributed by atoms with van der Waals surface area (Å²) in [6.45, 7) is 6.24. The van der Waals surface area contributed by atoms with E-state index in [9.17, 15) is 0 Å². The van der Waals surface area contributed by atoms with E-state index < -0.39 is 0 Å². The molecule has 0 aliphatic rings. The van der Waals surface area contributed by atoms with Crippen LogP contribution in [-0.2, 0) is 7.05 Å². The molecule has 0 aromatic carbocycles. The molecule has 0 aliphatic carbocycles. The number of pyridine rings is 1. The molecule has 3 aromatic heterocycles. The summed E-state index contributed by atoms with van der Waals surface area (Å²) in [6.07, 6.45) is 3.86. The third kappa shape index (κ3) is 2.07. The largest absolute Gasteiger partial charge is 0.336 e. The van der Waals surface area contributed by atoms with Gasteiger partial charge in [0.1, 0.15) is 11.5 Å². The number of hydrogen-bond acceptors (Lipinski definition) is 3. The Labute approximate surface area is 118 Å². The van der Waals surface area contributed by atoms with Crippen LogP contribution in [0.25, 0.3) is 22.3 Å². The monoisotopic (exact) mass is 266 g/mol. The number of hydrogen-bond donors (Lipinski definition) is 0. The van der Waals surface area contributed by atoms with E-state index in [1.807, 2.05) is 37.0 Å². The highest BCUT2D eigenvalue weighted by Gasteiger charge is 2.11. The molecule has 0 atom stereocenters. The lowest BCUT2D eigenvalue weighted by Crippen LogP contribution is -1.99. The molecule has 3 rings (SSSR count). The predicted octanol–water partition coefficient (Wildman–Crippen LogP) is 3.46. The van der Waals surface area contributed by atoms with E-state index in [1.54, 1.807) is 0 Å². The zero-order valence-corrected chi connectivity index (χ0v) is 12.3. The van der Waals surface area contributed by atoms with Crippen LogP contribution < -0.4 is 0 Å². The molecule has 20 heavy (non-hydrogen) atoms. The van der Waals surface area contributed by atoms with Gasteiger partial charge in [-0.2, -0.15) is 0 Å². The first-order chi connectivity index (χ1) is 9.56. The Morgan fingerprint density at radius 1 is 1.15 bits per heavy atom. The Morgan fingerprint density at radius 3 is 2.70 bits per heavy atom. The summed E-state index contributed by atoms with van der Waals surface area (Å²) in [5, 5.41) is 1.13. The van der Waals surface area contributed by atoms with Crippen molar-refractivity contribution in [2.45, 2.75) is 26.7 Å². The SMILES string of the molecule is Cc1nc(-c2ccnc3c2ccn3C)cc(C(C)C)n1. The van der Waals surface area contributed by atoms with Crippen molar-refractivity contribution in [2.24, 2.45) is 7.05 Å². The second kappa shape index (κ2) is 4.71. The predicted molar refractivity (Wildman–Crippen MR) is 80.6 cm³/mol. The lowest BCUT2D eigenvalue weighted by Gasteiger charge is -2.09. The van der Waals surface area contributed by atoms with Crippen molar-refractivity contribution in [1.82, 2.24) is 19.5 Å². The minimum atomic E-state index is 0.392. The van der Waals surface area contributed by atoms with Crippen molar-refractivity contribution in [1.29, 1.82) is 0 Å². The number of aromatic nitrogens is 4. The maximum atomic E-state index is 4.60. The van der Waals surface area contributed by atoms with E-state index in [0.717, 1.165) is 33.8 Å². The van der Waals surface area contributed by atoms with Crippen molar-refractivity contribution in [2.75, 3.05) is 0 Å². The first-order valence-corrected chi connectivity index (χ1v) is 6.82. The van der Waals surface area contributed by atoms with E-state index in [-0.39, 0.29) is 0 Å². The summed E-state index contributed by atoms with van der Waals surface area (Å²) in [7, 11) is 2.00. The highest BCUT2D eigenvalue weighted by atomic mass is 15.0. The summed E-state index contributed by atoms with van der Waals surface area (Å²) in [4.78, 5) is 13.5. The van der Waals surface area contributed by atoms with Gasteiger partial charge in [0.2, 0.25) is 0 Å². The van der Waals surface area contributed by atoms with Gasteiger partial charge in [0.05, 0.1) is 5.69 Å². The summed E-state index contributed by atoms with van der Waals surface area (Å²) in [5.41, 5.74) is 4.14. The minimum Gasteiger partial charge on any atom is -0.336 e. The summed E-state index contributed by atoms with van der Waals surface area (Å²) < 4.78 is 2.02. The van der Waals surface area contributed by atoms with Gasteiger partial charge in [0.25, 0.3) is 0 Å². The molecule has 0 aliphatic heterocycles. The fourth-order valence-corrected chi connectivity index (χ4v) is 2.41. The number of aryl methyl sites for hydroxylation is 2. The van der Waals surface area contributed by atoms with E-state index in [2.05, 4.69) is 40.9 Å². The third-order valence-corrected chi connectivity index (χ3v) is 3.49. The highest BCUT2D eigenvalue weighted by Crippen LogP contribution is 2.28. The molecule has 3 aromatic rings. The molecule has 0 saturated heterocycles. The van der Waals surface area contributed by atoms with E-state index in [0.29, 0.717) is 5.92 Å². The summed E-state index contributed by atoms with van der Waals surface area (Å²) in [6, 6.07) is 6.19. The molecule has 3 heterocycles. The molecule has 0 N–H and O–H groups in total. The normalized spacial score (nSPS) is 11.4. The van der Waals surface area contributed by atoms with Crippen LogP contribution in [-0.4, -0.2) is 19.5 Å². The molecule has 0 amide bonds. The average molecular weight is 266 g/mol. The number of rotatable bonds is 2. The second-order valence-corrected chi connectivity index (χ2v) is 5.40. The fraction of sp³-hybridized carbons (Fsp3) is 0.312. The molecule has 4 heteroatoms. The van der Waals surface area contributed by atoms with Gasteiger partial charge in [-0.3, -0.25) is 0 Å². The van der Waals surface area contributed by atoms with Crippen LogP contribution in [0, 0.1) is 6.92 Å². The molecule has 4 nitrogen and oxygen atoms in total. The van der Waals surface area contributed by atoms with Crippen LogP contribution in [0.3, 0.4) is 0 Å². The zero-order valence-electron chi connectivity index (χ0n) is 12.3. The maximum absolute atomic E-state index is 4.60. The van der Waals surface area contributed by atoms with Crippen LogP contribution in [0.15, 0.2) is 30.6 Å². The van der Waals surface area contributed by atoms with Crippen molar-refractivity contribution in [3.05, 3.63) is 42.1 Å². The molecule has 0 fully saturated rings. The van der Waals surface area contributed by atoms with E-state index >= 15 is 0 Å². The number of fused-ring (bicyclic) bond motifs is 1. The molecule has 0 unspecified atom stereocenters. The lowest BCUT2D eigenvalue weighted by molar-refractivity contribution is 0.803. The Kier molecular flexibility index (Phi) is 3.01. The molecule has 0 bridgehead atoms. The fourth-order valence-electron chi connectivity index (χ4n) is 2.41. The lowest BCUT2D eigenvalue weighted by atomic mass is 10.1. The summed E-state index contributed by atoms with van der Waals surface area (Å²) >= 11 is 0. The van der Waals surface area contributed by atoms with Crippen LogP contribution in [0.5, 0.6) is 0 Å². The van der Waals surface area contributed by atoms with Crippen molar-refractivity contribution < 1.29 is 0 Å². The Balaban J connectivity index is 2.25. The Bertz CT molecular complexity index is 771. The van der Waals surface area contributed by atoms with E-state index in [1.165, 1.54) is 0 Å². The Morgan fingerprint density at radius 2 is 1.95 bits per heavy atom. The number of nitrogens with zero attached hydrogens (tertiary/aromatic N) is 4. The summed E-state index contributed by atoms with van der Waals surface area (Å²) in [5.74, 6) is 1.20. The standard InChI is InChI=1S/C16H18N4/c1-10(2)14-9-15(19-11(3)18-14)12-5-7-17-16-13(12)6-8-20(16)4/h5-10H,1-4H3. The van der Waals surface area contributed by atoms with Gasteiger partial charge in [-0.25, -0.2) is 15.0 Å². The van der Waals surface area contributed by atoms with Crippen molar-refractivity contribution in [3.63, 3.8) is 0 Å². The van der Waals surface area contributed by atoms with Gasteiger partial charge in [-0.15, -0.1) is 0 Å². The topological polar surface area (TPSA) is 43.6 Å². The van der Waals surface area contributed by atoms with Gasteiger partial charge in [0, 0.05) is 36.1 Å². The van der Waals surface area contributed by atoms with Crippen LogP contribution in [0.2, 0.25) is 0 Å². The van der Waals surface area contributed by atoms with Gasteiger partial charge >= 0.3 is 0 Å². The highest BCUT2D eigenvalue weighted by molar-refractivity contribution is 5.92. The van der Waals surface area contributed by atoms with Crippen LogP contribution in [0.1, 0.15) is 31.3 Å². The maximum Gasteiger partial charge on any atom is 0.140 e. The smallest absolute Gasteiger partial charge is 0.140 e. The van der Waals surface area contributed by atoms with Gasteiger partial charge < -0.3 is 4.57 Å². The third-order valence-electron chi connectivity index (χ3n) is 3.49. The molecular weight excluding hydrogens is 248 g/mol. The molecule has 0 radical (unpaired) electrons. The quantitative estimate of drug-likeness (QED) is 0.713. The van der Waals surface area contributed by atoms with Gasteiger partial charge in [0.15, 0.2) is 0 Å². The zero-order chi connectivity index (χ0) is 14.3. The molecule has 102 valence electrons. The van der Waals surface area contributed by atoms with Gasteiger partial charge in [-0.05, 0) is 31.0 Å². The molecular formula is C16H18N4. The molecule has 0 spiro atoms. The first kappa shape index (κ1) is 12.8. The van der Waals surface area contributed by atoms with Crippen LogP contribution >= 0.6 is 0 Å². The van der Waals surface area contributed by atoms with Crippen molar-refractivity contribution >= 4 is 11.0 Å². The second-order valence-electron chi connectivity index (χ2n) is 5.40. The Hall–Kier alpha value is -2.23. The minimum absolute atomic E-state index is 0.392. The molecule has 0 saturated carbocycles. The van der Waals surface area contributed by atoms with E-state index in [4.69, 9.17) is 0 Å². The average Bonchev–Trinajstić information content (AvgIpc) is 2.80.